The second-order valence-electron chi connectivity index (χ2n) is 5.26. The number of benzene rings is 2. The Bertz CT molecular complexity index is 855. The van der Waals surface area contributed by atoms with E-state index in [0.717, 1.165) is 17.7 Å². The van der Waals surface area contributed by atoms with E-state index in [0.29, 0.717) is 6.42 Å². The molecule has 5 nitrogen and oxygen atoms in total. The quantitative estimate of drug-likeness (QED) is 0.837. The van der Waals surface area contributed by atoms with E-state index < -0.39 is 10.0 Å². The molecule has 0 spiro atoms. The lowest BCUT2D eigenvalue weighted by Crippen LogP contribution is -2.26. The van der Waals surface area contributed by atoms with Crippen LogP contribution in [0.25, 0.3) is 0 Å². The number of methoxy groups -OCH3 is 1. The number of sulfonamides is 1. The first-order chi connectivity index (χ1) is 11.5. The Morgan fingerprint density at radius 3 is 2.62 bits per heavy atom. The molecule has 24 heavy (non-hydrogen) atoms. The minimum Gasteiger partial charge on any atom is -0.496 e. The van der Waals surface area contributed by atoms with Crippen LogP contribution < -0.4 is 9.46 Å². The van der Waals surface area contributed by atoms with E-state index >= 15 is 0 Å². The summed E-state index contributed by atoms with van der Waals surface area (Å²) in [5.74, 6) is 0.740. The Morgan fingerprint density at radius 2 is 1.96 bits per heavy atom. The fourth-order valence-corrected chi connectivity index (χ4v) is 3.63. The molecule has 1 N–H and O–H groups in total. The van der Waals surface area contributed by atoms with Crippen molar-refractivity contribution in [1.29, 1.82) is 5.26 Å². The van der Waals surface area contributed by atoms with E-state index in [1.807, 2.05) is 24.3 Å². The lowest BCUT2D eigenvalue weighted by molar-refractivity contribution is 0.409. The number of rotatable bonds is 7. The third-order valence-electron chi connectivity index (χ3n) is 3.74. The molecule has 2 rings (SSSR count). The maximum absolute atomic E-state index is 12.4. The zero-order valence-electron chi connectivity index (χ0n) is 13.7. The van der Waals surface area contributed by atoms with E-state index in [2.05, 4.69) is 11.6 Å². The van der Waals surface area contributed by atoms with E-state index in [-0.39, 0.29) is 17.0 Å². The Morgan fingerprint density at radius 1 is 1.21 bits per heavy atom. The number of hydrogen-bond donors (Lipinski definition) is 1. The highest BCUT2D eigenvalue weighted by Crippen LogP contribution is 2.21. The topological polar surface area (TPSA) is 79.2 Å². The van der Waals surface area contributed by atoms with Gasteiger partial charge in [0.05, 0.1) is 17.6 Å². The maximum atomic E-state index is 12.4. The SMILES string of the molecule is CCc1ccc(OC)c(CCNS(=O)(=O)c2ccccc2C#N)c1. The van der Waals surface area contributed by atoms with Crippen molar-refractivity contribution < 1.29 is 13.2 Å². The molecule has 0 saturated carbocycles. The van der Waals surface area contributed by atoms with Crippen molar-refractivity contribution in [2.24, 2.45) is 0 Å². The molecule has 0 amide bonds. The zero-order valence-corrected chi connectivity index (χ0v) is 14.6. The highest BCUT2D eigenvalue weighted by Gasteiger charge is 2.17. The summed E-state index contributed by atoms with van der Waals surface area (Å²) in [4.78, 5) is 0.00164. The second kappa shape index (κ2) is 7.95. The lowest BCUT2D eigenvalue weighted by Gasteiger charge is -2.12. The zero-order chi connectivity index (χ0) is 17.6. The molecule has 6 heteroatoms. The molecule has 126 valence electrons. The number of hydrogen-bond acceptors (Lipinski definition) is 4. The average Bonchev–Trinajstić information content (AvgIpc) is 2.61. The normalized spacial score (nSPS) is 11.0. The number of nitriles is 1. The summed E-state index contributed by atoms with van der Waals surface area (Å²) in [6.07, 6.45) is 1.41. The molecule has 0 heterocycles. The Kier molecular flexibility index (Phi) is 5.96. The van der Waals surface area contributed by atoms with Crippen LogP contribution in [0.4, 0.5) is 0 Å². The third kappa shape index (κ3) is 4.13. The Balaban J connectivity index is 2.13. The van der Waals surface area contributed by atoms with Gasteiger partial charge in [0, 0.05) is 6.54 Å². The summed E-state index contributed by atoms with van der Waals surface area (Å²) in [5.41, 5.74) is 2.26. The van der Waals surface area contributed by atoms with Crippen molar-refractivity contribution in [2.45, 2.75) is 24.7 Å². The van der Waals surface area contributed by atoms with Crippen molar-refractivity contribution in [3.8, 4) is 11.8 Å². The van der Waals surface area contributed by atoms with Gasteiger partial charge in [-0.15, -0.1) is 0 Å². The van der Waals surface area contributed by atoms with Crippen LogP contribution in [-0.4, -0.2) is 22.1 Å². The second-order valence-corrected chi connectivity index (χ2v) is 6.99. The summed E-state index contributed by atoms with van der Waals surface area (Å²) in [5, 5.41) is 9.05. The lowest BCUT2D eigenvalue weighted by atomic mass is 10.1. The highest BCUT2D eigenvalue weighted by atomic mass is 32.2. The first kappa shape index (κ1) is 18.0. The van der Waals surface area contributed by atoms with Gasteiger partial charge in [-0.1, -0.05) is 31.2 Å². The van der Waals surface area contributed by atoms with Crippen molar-refractivity contribution in [1.82, 2.24) is 4.72 Å². The fraction of sp³-hybridized carbons (Fsp3) is 0.278. The third-order valence-corrected chi connectivity index (χ3v) is 5.26. The van der Waals surface area contributed by atoms with Crippen molar-refractivity contribution >= 4 is 10.0 Å². The Labute approximate surface area is 142 Å². The van der Waals surface area contributed by atoms with Gasteiger partial charge in [-0.3, -0.25) is 0 Å². The van der Waals surface area contributed by atoms with Gasteiger partial charge in [-0.2, -0.15) is 5.26 Å². The molecule has 0 unspecified atom stereocenters. The van der Waals surface area contributed by atoms with Crippen LogP contribution in [0.5, 0.6) is 5.75 Å². The number of nitrogens with one attached hydrogen (secondary N) is 1. The van der Waals surface area contributed by atoms with Crippen LogP contribution in [0.1, 0.15) is 23.6 Å². The first-order valence-electron chi connectivity index (χ1n) is 7.66. The van der Waals surface area contributed by atoms with E-state index in [1.54, 1.807) is 19.2 Å². The van der Waals surface area contributed by atoms with Crippen LogP contribution in [0.2, 0.25) is 0 Å². The van der Waals surface area contributed by atoms with E-state index in [1.165, 1.54) is 17.7 Å². The molecule has 0 aliphatic rings. The smallest absolute Gasteiger partial charge is 0.241 e. The van der Waals surface area contributed by atoms with Gasteiger partial charge in [0.2, 0.25) is 10.0 Å². The summed E-state index contributed by atoms with van der Waals surface area (Å²) >= 11 is 0. The minimum atomic E-state index is -3.72. The summed E-state index contributed by atoms with van der Waals surface area (Å²) < 4.78 is 32.7. The predicted octanol–water partition coefficient (Wildman–Crippen LogP) is 2.65. The van der Waals surface area contributed by atoms with E-state index in [4.69, 9.17) is 10.00 Å². The van der Waals surface area contributed by atoms with Crippen molar-refractivity contribution in [3.63, 3.8) is 0 Å². The molecule has 0 radical (unpaired) electrons. The molecular weight excluding hydrogens is 324 g/mol. The fourth-order valence-electron chi connectivity index (χ4n) is 2.44. The Hall–Kier alpha value is -2.36. The van der Waals surface area contributed by atoms with Crippen molar-refractivity contribution in [3.05, 3.63) is 59.2 Å². The monoisotopic (exact) mass is 344 g/mol. The summed E-state index contributed by atoms with van der Waals surface area (Å²) in [6, 6.07) is 14.0. The molecule has 0 fully saturated rings. The molecule has 0 atom stereocenters. The molecular formula is C18H20N2O3S. The van der Waals surface area contributed by atoms with Crippen LogP contribution in [0.3, 0.4) is 0 Å². The largest absolute Gasteiger partial charge is 0.496 e. The first-order valence-corrected chi connectivity index (χ1v) is 9.14. The molecule has 0 aliphatic heterocycles. The number of aryl methyl sites for hydroxylation is 1. The van der Waals surface area contributed by atoms with Gasteiger partial charge < -0.3 is 4.74 Å². The van der Waals surface area contributed by atoms with Gasteiger partial charge in [0.15, 0.2) is 0 Å². The van der Waals surface area contributed by atoms with Gasteiger partial charge in [0.25, 0.3) is 0 Å². The van der Waals surface area contributed by atoms with Gasteiger partial charge in [-0.05, 0) is 42.2 Å². The van der Waals surface area contributed by atoms with Crippen LogP contribution >= 0.6 is 0 Å². The van der Waals surface area contributed by atoms with Crippen LogP contribution in [0.15, 0.2) is 47.4 Å². The van der Waals surface area contributed by atoms with Crippen molar-refractivity contribution in [2.75, 3.05) is 13.7 Å². The van der Waals surface area contributed by atoms with Crippen LogP contribution in [0, 0.1) is 11.3 Å². The summed E-state index contributed by atoms with van der Waals surface area (Å²) in [7, 11) is -2.13. The van der Waals surface area contributed by atoms with Gasteiger partial charge in [0.1, 0.15) is 11.8 Å². The van der Waals surface area contributed by atoms with Gasteiger partial charge >= 0.3 is 0 Å². The molecule has 2 aromatic carbocycles. The molecule has 0 aromatic heterocycles. The molecule has 0 aliphatic carbocycles. The van der Waals surface area contributed by atoms with E-state index in [9.17, 15) is 8.42 Å². The summed E-state index contributed by atoms with van der Waals surface area (Å²) in [6.45, 7) is 2.29. The van der Waals surface area contributed by atoms with Gasteiger partial charge in [-0.25, -0.2) is 13.1 Å². The maximum Gasteiger partial charge on any atom is 0.241 e. The molecule has 0 saturated heterocycles. The van der Waals surface area contributed by atoms with Crippen LogP contribution in [-0.2, 0) is 22.9 Å². The number of ether oxygens (including phenoxy) is 1. The standard InChI is InChI=1S/C18H20N2O3S/c1-3-14-8-9-17(23-2)15(12-14)10-11-20-24(21,22)18-7-5-4-6-16(18)13-19/h4-9,12,20H,3,10-11H2,1-2H3. The molecule has 0 bridgehead atoms. The molecule has 2 aromatic rings. The highest BCUT2D eigenvalue weighted by molar-refractivity contribution is 7.89. The average molecular weight is 344 g/mol. The minimum absolute atomic E-state index is 0.00164. The number of nitrogens with zero attached hydrogens (tertiary/aromatic N) is 1. The predicted molar refractivity (Wildman–Crippen MR) is 92.4 cm³/mol.